The van der Waals surface area contributed by atoms with Crippen LogP contribution in [0.3, 0.4) is 0 Å². The van der Waals surface area contributed by atoms with E-state index in [9.17, 15) is 14.7 Å². The molecule has 0 aromatic heterocycles. The molecule has 21 heavy (non-hydrogen) atoms. The molecule has 0 heterocycles. The largest absolute Gasteiger partial charge is 0.479 e. The van der Waals surface area contributed by atoms with Gasteiger partial charge in [0.2, 0.25) is 0 Å². The number of benzene rings is 1. The van der Waals surface area contributed by atoms with E-state index < -0.39 is 18.0 Å². The summed E-state index contributed by atoms with van der Waals surface area (Å²) in [5, 5.41) is 12.0. The SMILES string of the molecule is C#CCN(CCC)C(=O)N[C@@H](C(=O)O)c1ccccc1Cl. The van der Waals surface area contributed by atoms with Gasteiger partial charge in [-0.3, -0.25) is 0 Å². The number of urea groups is 1. The van der Waals surface area contributed by atoms with Crippen LogP contribution in [0.5, 0.6) is 0 Å². The molecule has 0 saturated heterocycles. The fraction of sp³-hybridized carbons (Fsp3) is 0.333. The third kappa shape index (κ3) is 4.69. The van der Waals surface area contributed by atoms with E-state index in [2.05, 4.69) is 11.2 Å². The van der Waals surface area contributed by atoms with Gasteiger partial charge in [-0.25, -0.2) is 9.59 Å². The number of rotatable bonds is 6. The van der Waals surface area contributed by atoms with Crippen LogP contribution in [0.2, 0.25) is 5.02 Å². The van der Waals surface area contributed by atoms with Gasteiger partial charge in [0, 0.05) is 17.1 Å². The lowest BCUT2D eigenvalue weighted by molar-refractivity contribution is -0.139. The Hall–Kier alpha value is -2.19. The van der Waals surface area contributed by atoms with Crippen LogP contribution in [0.4, 0.5) is 4.79 Å². The molecule has 112 valence electrons. The summed E-state index contributed by atoms with van der Waals surface area (Å²) in [5.74, 6) is 1.19. The van der Waals surface area contributed by atoms with Crippen molar-refractivity contribution < 1.29 is 14.7 Å². The minimum Gasteiger partial charge on any atom is -0.479 e. The summed E-state index contributed by atoms with van der Waals surface area (Å²) in [7, 11) is 0. The van der Waals surface area contributed by atoms with Crippen LogP contribution >= 0.6 is 11.6 Å². The number of carbonyl (C=O) groups excluding carboxylic acids is 1. The van der Waals surface area contributed by atoms with E-state index in [1.54, 1.807) is 24.3 Å². The average Bonchev–Trinajstić information content (AvgIpc) is 2.45. The Labute approximate surface area is 128 Å². The lowest BCUT2D eigenvalue weighted by Crippen LogP contribution is -2.44. The third-order valence-corrected chi connectivity index (χ3v) is 3.14. The third-order valence-electron chi connectivity index (χ3n) is 2.79. The highest BCUT2D eigenvalue weighted by molar-refractivity contribution is 6.31. The molecule has 0 aliphatic heterocycles. The topological polar surface area (TPSA) is 69.6 Å². The van der Waals surface area contributed by atoms with Crippen molar-refractivity contribution in [1.82, 2.24) is 10.2 Å². The Kier molecular flexibility index (Phi) is 6.57. The van der Waals surface area contributed by atoms with Gasteiger partial charge in [-0.2, -0.15) is 0 Å². The molecular formula is C15H17ClN2O3. The molecule has 1 aromatic carbocycles. The van der Waals surface area contributed by atoms with Crippen molar-refractivity contribution in [3.63, 3.8) is 0 Å². The van der Waals surface area contributed by atoms with E-state index in [1.165, 1.54) is 4.90 Å². The second-order valence-corrected chi connectivity index (χ2v) is 4.78. The van der Waals surface area contributed by atoms with Crippen LogP contribution in [0.15, 0.2) is 24.3 Å². The Bertz CT molecular complexity index is 554. The highest BCUT2D eigenvalue weighted by atomic mass is 35.5. The maximum Gasteiger partial charge on any atom is 0.331 e. The Morgan fingerprint density at radius 3 is 2.67 bits per heavy atom. The van der Waals surface area contributed by atoms with Crippen molar-refractivity contribution in [1.29, 1.82) is 0 Å². The van der Waals surface area contributed by atoms with E-state index in [4.69, 9.17) is 18.0 Å². The summed E-state index contributed by atoms with van der Waals surface area (Å²) in [6.45, 7) is 2.47. The maximum atomic E-state index is 12.1. The van der Waals surface area contributed by atoms with Gasteiger partial charge in [-0.1, -0.05) is 42.6 Å². The first-order chi connectivity index (χ1) is 10.0. The van der Waals surface area contributed by atoms with Crippen LogP contribution in [-0.2, 0) is 4.79 Å². The van der Waals surface area contributed by atoms with Crippen molar-refractivity contribution >= 4 is 23.6 Å². The monoisotopic (exact) mass is 308 g/mol. The number of aliphatic carboxylic acids is 1. The van der Waals surface area contributed by atoms with Gasteiger partial charge >= 0.3 is 12.0 Å². The van der Waals surface area contributed by atoms with Gasteiger partial charge < -0.3 is 15.3 Å². The summed E-state index contributed by atoms with van der Waals surface area (Å²) in [6.07, 6.45) is 5.94. The van der Waals surface area contributed by atoms with Gasteiger partial charge in [0.15, 0.2) is 6.04 Å². The van der Waals surface area contributed by atoms with E-state index in [-0.39, 0.29) is 11.6 Å². The van der Waals surface area contributed by atoms with E-state index in [1.807, 2.05) is 6.92 Å². The molecule has 1 aromatic rings. The predicted molar refractivity (Wildman–Crippen MR) is 81.1 cm³/mol. The van der Waals surface area contributed by atoms with Crippen LogP contribution in [-0.4, -0.2) is 35.1 Å². The second kappa shape index (κ2) is 8.18. The lowest BCUT2D eigenvalue weighted by atomic mass is 10.1. The minimum absolute atomic E-state index is 0.120. The normalized spacial score (nSPS) is 11.3. The number of halogens is 1. The Balaban J connectivity index is 2.94. The van der Waals surface area contributed by atoms with Gasteiger partial charge in [0.05, 0.1) is 6.54 Å². The fourth-order valence-corrected chi connectivity index (χ4v) is 2.07. The minimum atomic E-state index is -1.22. The molecular weight excluding hydrogens is 292 g/mol. The molecule has 1 atom stereocenters. The van der Waals surface area contributed by atoms with E-state index >= 15 is 0 Å². The molecule has 0 saturated carbocycles. The maximum absolute atomic E-state index is 12.1. The van der Waals surface area contributed by atoms with Crippen molar-refractivity contribution in [2.75, 3.05) is 13.1 Å². The molecule has 0 radical (unpaired) electrons. The molecule has 5 nitrogen and oxygen atoms in total. The molecule has 0 bridgehead atoms. The van der Waals surface area contributed by atoms with Crippen LogP contribution in [0.1, 0.15) is 24.9 Å². The number of terminal acetylenes is 1. The van der Waals surface area contributed by atoms with Crippen LogP contribution in [0.25, 0.3) is 0 Å². The number of nitrogens with zero attached hydrogens (tertiary/aromatic N) is 1. The Morgan fingerprint density at radius 2 is 2.14 bits per heavy atom. The number of amides is 2. The molecule has 0 aliphatic carbocycles. The summed E-state index contributed by atoms with van der Waals surface area (Å²) in [5.41, 5.74) is 0.331. The van der Waals surface area contributed by atoms with E-state index in [0.717, 1.165) is 6.42 Å². The van der Waals surface area contributed by atoms with Crippen molar-refractivity contribution in [3.8, 4) is 12.3 Å². The van der Waals surface area contributed by atoms with Gasteiger partial charge in [-0.15, -0.1) is 6.42 Å². The number of carboxylic acids is 1. The lowest BCUT2D eigenvalue weighted by Gasteiger charge is -2.23. The van der Waals surface area contributed by atoms with Gasteiger partial charge in [0.25, 0.3) is 0 Å². The smallest absolute Gasteiger partial charge is 0.331 e. The molecule has 6 heteroatoms. The van der Waals surface area contributed by atoms with E-state index in [0.29, 0.717) is 12.1 Å². The fourth-order valence-electron chi connectivity index (χ4n) is 1.83. The van der Waals surface area contributed by atoms with Crippen LogP contribution < -0.4 is 5.32 Å². The molecule has 0 spiro atoms. The van der Waals surface area contributed by atoms with Crippen molar-refractivity contribution in [2.24, 2.45) is 0 Å². The zero-order valence-electron chi connectivity index (χ0n) is 11.7. The molecule has 0 unspecified atom stereocenters. The molecule has 2 amide bonds. The highest BCUT2D eigenvalue weighted by Gasteiger charge is 2.26. The first-order valence-electron chi connectivity index (χ1n) is 6.47. The first-order valence-corrected chi connectivity index (χ1v) is 6.85. The van der Waals surface area contributed by atoms with Gasteiger partial charge in [-0.05, 0) is 12.5 Å². The summed E-state index contributed by atoms with van der Waals surface area (Å²) in [6, 6.07) is 4.74. The molecule has 0 aliphatic rings. The number of carboxylic acid groups (broad SMARTS) is 1. The summed E-state index contributed by atoms with van der Waals surface area (Å²) < 4.78 is 0. The number of hydrogen-bond donors (Lipinski definition) is 2. The average molecular weight is 309 g/mol. The summed E-state index contributed by atoms with van der Waals surface area (Å²) >= 11 is 5.99. The predicted octanol–water partition coefficient (Wildman–Crippen LogP) is 2.52. The second-order valence-electron chi connectivity index (χ2n) is 4.37. The Morgan fingerprint density at radius 1 is 1.48 bits per heavy atom. The standard InChI is InChI=1S/C15H17ClN2O3/c1-3-9-18(10-4-2)15(21)17-13(14(19)20)11-7-5-6-8-12(11)16/h1,5-8,13H,4,9-10H2,2H3,(H,17,21)(H,19,20)/t13-/m1/s1. The zero-order chi connectivity index (χ0) is 15.8. The molecule has 2 N–H and O–H groups in total. The van der Waals surface area contributed by atoms with Crippen molar-refractivity contribution in [2.45, 2.75) is 19.4 Å². The molecule has 0 fully saturated rings. The quantitative estimate of drug-likeness (QED) is 0.793. The van der Waals surface area contributed by atoms with Crippen LogP contribution in [0, 0.1) is 12.3 Å². The number of carbonyl (C=O) groups is 2. The van der Waals surface area contributed by atoms with Gasteiger partial charge in [0.1, 0.15) is 0 Å². The number of hydrogen-bond acceptors (Lipinski definition) is 2. The zero-order valence-corrected chi connectivity index (χ0v) is 12.4. The highest BCUT2D eigenvalue weighted by Crippen LogP contribution is 2.23. The number of nitrogens with one attached hydrogen (secondary N) is 1. The summed E-state index contributed by atoms with van der Waals surface area (Å²) in [4.78, 5) is 24.9. The first kappa shape index (κ1) is 16.9. The van der Waals surface area contributed by atoms with Crippen molar-refractivity contribution in [3.05, 3.63) is 34.9 Å². The molecule has 1 rings (SSSR count).